The van der Waals surface area contributed by atoms with Crippen molar-refractivity contribution in [2.45, 2.75) is 0 Å². The molecule has 0 unspecified atom stereocenters. The Morgan fingerprint density at radius 2 is 0.294 bits per heavy atom. The van der Waals surface area contributed by atoms with Crippen LogP contribution in [-0.4, -0.2) is 89.6 Å². The van der Waals surface area contributed by atoms with Gasteiger partial charge in [0.25, 0.3) is 0 Å². The molecule has 0 amide bonds. The van der Waals surface area contributed by atoms with E-state index >= 15 is 0 Å². The Kier molecular flexibility index (Phi) is 45.5. The number of hydrogen-bond donors (Lipinski definition) is 12. The van der Waals surface area contributed by atoms with E-state index in [0.29, 0.717) is 0 Å². The molecule has 12 nitrogen and oxygen atoms in total. The van der Waals surface area contributed by atoms with Crippen molar-refractivity contribution in [1.29, 1.82) is 0 Å². The quantitative estimate of drug-likeness (QED) is 0.161. The van der Waals surface area contributed by atoms with Gasteiger partial charge in [0.2, 0.25) is 0 Å². The van der Waals surface area contributed by atoms with Gasteiger partial charge < -0.3 is 60.3 Å². The maximum Gasteiger partial charge on any atom is 0.631 e. The number of rotatable bonds is 0. The van der Waals surface area contributed by atoms with Crippen molar-refractivity contribution in [3.63, 3.8) is 0 Å². The molecule has 12 N–H and O–H groups in total. The minimum atomic E-state index is -2.17. The van der Waals surface area contributed by atoms with Crippen LogP contribution in [0.5, 0.6) is 0 Å². The fourth-order valence-corrected chi connectivity index (χ4v) is 0. The summed E-state index contributed by atoms with van der Waals surface area (Å²) in [6, 6.07) is 0. The van der Waals surface area contributed by atoms with E-state index in [4.69, 9.17) is 60.3 Å². The Balaban J connectivity index is -0.0000000369. The van der Waals surface area contributed by atoms with Crippen LogP contribution in [0, 0.1) is 0 Å². The normalized spacial score (nSPS) is 6.35. The van der Waals surface area contributed by atoms with E-state index in [1.54, 1.807) is 0 Å². The first-order valence-corrected chi connectivity index (χ1v) is 3.10. The average molecular weight is 428 g/mol. The molecule has 17 heavy (non-hydrogen) atoms. The predicted molar refractivity (Wildman–Crippen MR) is 49.6 cm³/mol. The van der Waals surface area contributed by atoms with Gasteiger partial charge in [-0.2, -0.15) is 0 Å². The van der Waals surface area contributed by atoms with Crippen molar-refractivity contribution in [2.75, 3.05) is 0 Å². The molecule has 0 rings (SSSR count). The molecule has 0 heterocycles. The molecule has 0 aliphatic heterocycles. The summed E-state index contributed by atoms with van der Waals surface area (Å²) in [7, 11) is -8.67. The van der Waals surface area contributed by atoms with Gasteiger partial charge in [-0.3, -0.25) is 0 Å². The smallest absolute Gasteiger partial charge is 0.402 e. The van der Waals surface area contributed by atoms with Gasteiger partial charge in [0.15, 0.2) is 0 Å². The molecule has 0 saturated heterocycles. The second kappa shape index (κ2) is 25.4. The largest absolute Gasteiger partial charge is 0.631 e. The predicted octanol–water partition coefficient (Wildman–Crippen LogP) is -8.21. The van der Waals surface area contributed by atoms with Crippen molar-refractivity contribution in [2.24, 2.45) is 0 Å². The Morgan fingerprint density at radius 3 is 0.294 bits per heavy atom. The molecule has 0 aliphatic rings. The fraction of sp³-hybridized carbons (Fsp3) is 0. The van der Waals surface area contributed by atoms with Gasteiger partial charge in [-0.15, -0.1) is 0 Å². The molecule has 0 fully saturated rings. The molecule has 1 radical (unpaired) electrons. The fourth-order valence-electron chi connectivity index (χ4n) is 0. The van der Waals surface area contributed by atoms with Gasteiger partial charge >= 0.3 is 29.3 Å². The second-order valence-electron chi connectivity index (χ2n) is 1.39. The van der Waals surface area contributed by atoms with E-state index in [9.17, 15) is 0 Å². The molecule has 101 valence electrons. The monoisotopic (exact) mass is 429 g/mol. The molecule has 17 heteroatoms. The molecule has 0 saturated carbocycles. The zero-order valence-corrected chi connectivity index (χ0v) is 11.3. The Hall–Kier alpha value is 0.520. The van der Waals surface area contributed by atoms with Gasteiger partial charge in [-0.1, -0.05) is 0 Å². The topological polar surface area (TPSA) is 243 Å². The average Bonchev–Trinajstić information content (AvgIpc) is 1.76. The van der Waals surface area contributed by atoms with Crippen LogP contribution in [0.2, 0.25) is 0 Å². The summed E-state index contributed by atoms with van der Waals surface area (Å²) < 4.78 is 0. The zero-order valence-electron chi connectivity index (χ0n) is 8.12. The Morgan fingerprint density at radius 1 is 0.294 bits per heavy atom. The first kappa shape index (κ1) is 30.5. The molecule has 0 spiro atoms. The van der Waals surface area contributed by atoms with Crippen LogP contribution >= 0.6 is 0 Å². The zero-order chi connectivity index (χ0) is 14.3. The van der Waals surface area contributed by atoms with Gasteiger partial charge in [0.05, 0.1) is 0 Å². The van der Waals surface area contributed by atoms with Crippen molar-refractivity contribution < 1.29 is 82.7 Å². The van der Waals surface area contributed by atoms with Gasteiger partial charge in [-0.05, 0) is 0 Å². The minimum absolute atomic E-state index is 0. The van der Waals surface area contributed by atoms with Crippen molar-refractivity contribution in [1.82, 2.24) is 0 Å². The van der Waals surface area contributed by atoms with E-state index in [1.165, 1.54) is 0 Å². The number of hydrogen-bond acceptors (Lipinski definition) is 12. The van der Waals surface area contributed by atoms with Gasteiger partial charge in [0, 0.05) is 22.4 Å². The Labute approximate surface area is 112 Å². The maximum absolute atomic E-state index is 7.17. The summed E-state index contributed by atoms with van der Waals surface area (Å²) in [5, 5.41) is 86.0. The van der Waals surface area contributed by atoms with Crippen molar-refractivity contribution >= 4 is 29.3 Å². The third kappa shape index (κ3) is 12900. The molecule has 0 bridgehead atoms. The summed E-state index contributed by atoms with van der Waals surface area (Å²) >= 11 is 0. The molecule has 0 atom stereocenters. The first-order chi connectivity index (χ1) is 6.93. The van der Waals surface area contributed by atoms with E-state index in [2.05, 4.69) is 0 Å². The molecular weight excluding hydrogens is 416 g/mol. The summed E-state index contributed by atoms with van der Waals surface area (Å²) in [6.07, 6.45) is 0. The van der Waals surface area contributed by atoms with Crippen LogP contribution in [0.15, 0.2) is 0 Å². The van der Waals surface area contributed by atoms with E-state index < -0.39 is 29.3 Å². The Bertz CT molecular complexity index is 61.5. The third-order valence-corrected chi connectivity index (χ3v) is 0. The van der Waals surface area contributed by atoms with E-state index in [1.807, 2.05) is 0 Å². The summed E-state index contributed by atoms with van der Waals surface area (Å²) in [5.41, 5.74) is 0. The van der Waals surface area contributed by atoms with Crippen LogP contribution in [0.1, 0.15) is 0 Å². The molecule has 0 aromatic heterocycles. The molecule has 0 aromatic rings. The first-order valence-electron chi connectivity index (χ1n) is 3.10. The van der Waals surface area contributed by atoms with Crippen LogP contribution < -0.4 is 0 Å². The second-order valence-corrected chi connectivity index (χ2v) is 1.39. The van der Waals surface area contributed by atoms with Crippen molar-refractivity contribution in [3.05, 3.63) is 0 Å². The van der Waals surface area contributed by atoms with Gasteiger partial charge in [-0.25, -0.2) is 0 Å². The van der Waals surface area contributed by atoms with Gasteiger partial charge in [0.1, 0.15) is 0 Å². The summed E-state index contributed by atoms with van der Waals surface area (Å²) in [4.78, 5) is 0. The standard InChI is InChI=1S/4BH3O3.Ta/c4*2-1(3)4;/h4*2-4H;. The van der Waals surface area contributed by atoms with Crippen LogP contribution in [-0.2, 0) is 22.4 Å². The van der Waals surface area contributed by atoms with Crippen molar-refractivity contribution in [3.8, 4) is 0 Å². The van der Waals surface area contributed by atoms with Crippen LogP contribution in [0.3, 0.4) is 0 Å². The van der Waals surface area contributed by atoms with Crippen LogP contribution in [0.4, 0.5) is 0 Å². The minimum Gasteiger partial charge on any atom is -0.402 e. The van der Waals surface area contributed by atoms with E-state index in [0.717, 1.165) is 0 Å². The van der Waals surface area contributed by atoms with Crippen LogP contribution in [0.25, 0.3) is 0 Å². The summed E-state index contributed by atoms with van der Waals surface area (Å²) in [5.74, 6) is 0. The molecule has 0 aromatic carbocycles. The third-order valence-electron chi connectivity index (χ3n) is 0. The maximum atomic E-state index is 7.17. The SMILES string of the molecule is OB(O)O.OB(O)O.OB(O)O.OB(O)O.[Ta]. The molecular formula is H12B4O12Ta. The van der Waals surface area contributed by atoms with E-state index in [-0.39, 0.29) is 22.4 Å². The summed E-state index contributed by atoms with van der Waals surface area (Å²) in [6.45, 7) is 0. The molecule has 0 aliphatic carbocycles.